The van der Waals surface area contributed by atoms with Gasteiger partial charge in [0.05, 0.1) is 4.88 Å². The summed E-state index contributed by atoms with van der Waals surface area (Å²) in [6.07, 6.45) is 2.04. The average Bonchev–Trinajstić information content (AvgIpc) is 2.39. The molecule has 0 aromatic carbocycles. The topological polar surface area (TPSA) is 12.4 Å². The molecular weight excluding hydrogens is 242 g/mol. The molecule has 0 atom stereocenters. The third-order valence-electron chi connectivity index (χ3n) is 1.17. The molecule has 0 unspecified atom stereocenters. The Bertz CT molecular complexity index is 267. The second-order valence-electron chi connectivity index (χ2n) is 1.86. The molecule has 0 aliphatic carbocycles. The lowest BCUT2D eigenvalue weighted by Crippen LogP contribution is -1.88. The molecule has 0 aliphatic heterocycles. The molecule has 1 aromatic heterocycles. The van der Waals surface area contributed by atoms with E-state index >= 15 is 0 Å². The van der Waals surface area contributed by atoms with Crippen LogP contribution in [0.25, 0.3) is 0 Å². The molecule has 60 valence electrons. The van der Waals surface area contributed by atoms with Gasteiger partial charge in [-0.1, -0.05) is 0 Å². The molecule has 1 rings (SSSR count). The van der Waals surface area contributed by atoms with Crippen LogP contribution in [0.2, 0.25) is 0 Å². The summed E-state index contributed by atoms with van der Waals surface area (Å²) in [4.78, 5) is 5.39. The number of rotatable bonds is 1. The van der Waals surface area contributed by atoms with Crippen molar-refractivity contribution in [3.05, 3.63) is 20.8 Å². The highest BCUT2D eigenvalue weighted by molar-refractivity contribution is 9.10. The molecule has 0 aliphatic rings. The van der Waals surface area contributed by atoms with Crippen molar-refractivity contribution < 1.29 is 0 Å². The van der Waals surface area contributed by atoms with Gasteiger partial charge in [0.1, 0.15) is 5.04 Å². The SMILES string of the molecule is CN=C(SC)c1cc(Br)cs1. The number of halogens is 1. The van der Waals surface area contributed by atoms with E-state index in [2.05, 4.69) is 32.4 Å². The molecular formula is C7H8BrNS2. The smallest absolute Gasteiger partial charge is 0.107 e. The zero-order chi connectivity index (χ0) is 8.27. The maximum absolute atomic E-state index is 4.16. The summed E-state index contributed by atoms with van der Waals surface area (Å²) in [6, 6.07) is 2.09. The van der Waals surface area contributed by atoms with Gasteiger partial charge in [0, 0.05) is 16.9 Å². The van der Waals surface area contributed by atoms with E-state index in [-0.39, 0.29) is 0 Å². The minimum absolute atomic E-state index is 1.10. The first-order valence-electron chi connectivity index (χ1n) is 3.03. The van der Waals surface area contributed by atoms with Crippen molar-refractivity contribution in [1.82, 2.24) is 0 Å². The van der Waals surface area contributed by atoms with Crippen LogP contribution in [0.15, 0.2) is 20.9 Å². The van der Waals surface area contributed by atoms with E-state index in [1.165, 1.54) is 4.88 Å². The van der Waals surface area contributed by atoms with Crippen molar-refractivity contribution in [1.29, 1.82) is 0 Å². The van der Waals surface area contributed by atoms with Crippen LogP contribution in [0.4, 0.5) is 0 Å². The maximum Gasteiger partial charge on any atom is 0.107 e. The maximum atomic E-state index is 4.16. The Morgan fingerprint density at radius 1 is 1.73 bits per heavy atom. The molecule has 0 saturated carbocycles. The molecule has 1 aromatic rings. The Morgan fingerprint density at radius 3 is 2.82 bits per heavy atom. The lowest BCUT2D eigenvalue weighted by molar-refractivity contribution is 1.46. The highest BCUT2D eigenvalue weighted by atomic mass is 79.9. The summed E-state index contributed by atoms with van der Waals surface area (Å²) in [6.45, 7) is 0. The number of hydrogen-bond donors (Lipinski definition) is 0. The van der Waals surface area contributed by atoms with Gasteiger partial charge >= 0.3 is 0 Å². The van der Waals surface area contributed by atoms with Crippen LogP contribution in [0, 0.1) is 0 Å². The number of nitrogens with zero attached hydrogens (tertiary/aromatic N) is 1. The predicted octanol–water partition coefficient (Wildman–Crippen LogP) is 3.25. The standard InChI is InChI=1S/C7H8BrNS2/c1-9-7(10-2)6-3-5(8)4-11-6/h3-4H,1-2H3. The average molecular weight is 250 g/mol. The first-order chi connectivity index (χ1) is 5.27. The third kappa shape index (κ3) is 2.32. The van der Waals surface area contributed by atoms with Crippen LogP contribution < -0.4 is 0 Å². The van der Waals surface area contributed by atoms with Crippen molar-refractivity contribution in [3.63, 3.8) is 0 Å². The van der Waals surface area contributed by atoms with E-state index in [0.29, 0.717) is 0 Å². The van der Waals surface area contributed by atoms with Gasteiger partial charge in [-0.05, 0) is 28.3 Å². The Hall–Kier alpha value is 0.200. The molecule has 0 bridgehead atoms. The van der Waals surface area contributed by atoms with Gasteiger partial charge in [0.2, 0.25) is 0 Å². The quantitative estimate of drug-likeness (QED) is 0.550. The van der Waals surface area contributed by atoms with Crippen molar-refractivity contribution in [2.75, 3.05) is 13.3 Å². The van der Waals surface area contributed by atoms with E-state index < -0.39 is 0 Å². The minimum Gasteiger partial charge on any atom is -0.280 e. The normalized spacial score (nSPS) is 12.1. The fourth-order valence-corrected chi connectivity index (χ4v) is 2.92. The Kier molecular flexibility index (Phi) is 3.62. The van der Waals surface area contributed by atoms with Crippen molar-refractivity contribution in [2.24, 2.45) is 4.99 Å². The number of hydrogen-bond acceptors (Lipinski definition) is 3. The number of aliphatic imine (C=N–C) groups is 1. The second kappa shape index (κ2) is 4.28. The van der Waals surface area contributed by atoms with Crippen LogP contribution in [0.1, 0.15) is 4.88 Å². The molecule has 0 spiro atoms. The Morgan fingerprint density at radius 2 is 2.45 bits per heavy atom. The van der Waals surface area contributed by atoms with Crippen LogP contribution in [0.5, 0.6) is 0 Å². The van der Waals surface area contributed by atoms with Crippen LogP contribution in [-0.2, 0) is 0 Å². The molecule has 4 heteroatoms. The Labute approximate surface area is 83.1 Å². The Balaban J connectivity index is 2.91. The molecule has 0 radical (unpaired) electrons. The zero-order valence-electron chi connectivity index (χ0n) is 6.30. The van der Waals surface area contributed by atoms with Crippen molar-refractivity contribution in [2.45, 2.75) is 0 Å². The second-order valence-corrected chi connectivity index (χ2v) is 4.48. The minimum atomic E-state index is 1.10. The molecule has 1 nitrogen and oxygen atoms in total. The summed E-state index contributed by atoms with van der Waals surface area (Å²) in [7, 11) is 1.82. The molecule has 0 saturated heterocycles. The molecule has 1 heterocycles. The van der Waals surface area contributed by atoms with Crippen LogP contribution >= 0.6 is 39.0 Å². The first kappa shape index (κ1) is 9.29. The highest BCUT2D eigenvalue weighted by Gasteiger charge is 2.02. The zero-order valence-corrected chi connectivity index (χ0v) is 9.52. The van der Waals surface area contributed by atoms with Gasteiger partial charge in [-0.2, -0.15) is 0 Å². The molecule has 0 fully saturated rings. The van der Waals surface area contributed by atoms with Gasteiger partial charge < -0.3 is 0 Å². The van der Waals surface area contributed by atoms with E-state index in [9.17, 15) is 0 Å². The fourth-order valence-electron chi connectivity index (χ4n) is 0.727. The van der Waals surface area contributed by atoms with E-state index in [1.807, 2.05) is 13.3 Å². The fraction of sp³-hybridized carbons (Fsp3) is 0.286. The molecule has 11 heavy (non-hydrogen) atoms. The summed E-state index contributed by atoms with van der Waals surface area (Å²) in [5.74, 6) is 0. The van der Waals surface area contributed by atoms with Gasteiger partial charge in [0.15, 0.2) is 0 Å². The van der Waals surface area contributed by atoms with Crippen molar-refractivity contribution in [3.8, 4) is 0 Å². The summed E-state index contributed by atoms with van der Waals surface area (Å²) >= 11 is 6.79. The summed E-state index contributed by atoms with van der Waals surface area (Å²) in [5.41, 5.74) is 0. The highest BCUT2D eigenvalue weighted by Crippen LogP contribution is 2.23. The summed E-state index contributed by atoms with van der Waals surface area (Å²) in [5, 5.41) is 3.16. The van der Waals surface area contributed by atoms with E-state index in [0.717, 1.165) is 9.52 Å². The third-order valence-corrected chi connectivity index (χ3v) is 3.79. The lowest BCUT2D eigenvalue weighted by atomic mass is 10.5. The van der Waals surface area contributed by atoms with Crippen molar-refractivity contribution >= 4 is 44.1 Å². The van der Waals surface area contributed by atoms with Crippen LogP contribution in [0.3, 0.4) is 0 Å². The molecule has 0 amide bonds. The monoisotopic (exact) mass is 249 g/mol. The van der Waals surface area contributed by atoms with E-state index in [4.69, 9.17) is 0 Å². The predicted molar refractivity (Wildman–Crippen MR) is 58.0 cm³/mol. The molecule has 0 N–H and O–H groups in total. The van der Waals surface area contributed by atoms with E-state index in [1.54, 1.807) is 23.1 Å². The first-order valence-corrected chi connectivity index (χ1v) is 5.93. The van der Waals surface area contributed by atoms with Gasteiger partial charge in [0.25, 0.3) is 0 Å². The summed E-state index contributed by atoms with van der Waals surface area (Å²) < 4.78 is 1.13. The lowest BCUT2D eigenvalue weighted by Gasteiger charge is -1.94. The van der Waals surface area contributed by atoms with Gasteiger partial charge in [-0.3, -0.25) is 4.99 Å². The number of thioether (sulfide) groups is 1. The van der Waals surface area contributed by atoms with Crippen LogP contribution in [-0.4, -0.2) is 18.3 Å². The largest absolute Gasteiger partial charge is 0.280 e. The van der Waals surface area contributed by atoms with Gasteiger partial charge in [-0.15, -0.1) is 23.1 Å². The number of thiophene rings is 1. The van der Waals surface area contributed by atoms with Gasteiger partial charge in [-0.25, -0.2) is 0 Å².